The van der Waals surface area contributed by atoms with Gasteiger partial charge in [0.2, 0.25) is 5.91 Å². The van der Waals surface area contributed by atoms with Crippen LogP contribution in [0, 0.1) is 0 Å². The van der Waals surface area contributed by atoms with Gasteiger partial charge in [-0.15, -0.1) is 11.3 Å². The van der Waals surface area contributed by atoms with E-state index < -0.39 is 17.1 Å². The van der Waals surface area contributed by atoms with E-state index in [9.17, 15) is 9.90 Å². The Labute approximate surface area is 164 Å². The van der Waals surface area contributed by atoms with Gasteiger partial charge in [-0.25, -0.2) is 4.99 Å². The summed E-state index contributed by atoms with van der Waals surface area (Å²) in [6.07, 6.45) is 2.60. The lowest BCUT2D eigenvalue weighted by Crippen LogP contribution is -2.52. The van der Waals surface area contributed by atoms with Crippen LogP contribution < -0.4 is 11.2 Å². The third kappa shape index (κ3) is 2.80. The molecule has 1 saturated carbocycles. The molecule has 1 unspecified atom stereocenters. The first kappa shape index (κ1) is 18.3. The SMILES string of the molecule is [B]c1csc([C@@]2(C)N=C(N)N(C)C(=O)C2c2ccc(C3(O)CCC3)cc2)c1. The molecule has 2 aliphatic rings. The summed E-state index contributed by atoms with van der Waals surface area (Å²) >= 11 is 1.48. The Bertz CT molecular complexity index is 920. The fraction of sp³-hybridized carbons (Fsp3) is 0.400. The van der Waals surface area contributed by atoms with Crippen molar-refractivity contribution in [1.29, 1.82) is 0 Å². The number of amides is 1. The first-order valence-electron chi connectivity index (χ1n) is 9.05. The number of hydrogen-bond donors (Lipinski definition) is 2. The van der Waals surface area contributed by atoms with Crippen LogP contribution in [0.4, 0.5) is 0 Å². The number of nitrogens with zero attached hydrogens (tertiary/aromatic N) is 2. The zero-order valence-corrected chi connectivity index (χ0v) is 16.3. The van der Waals surface area contributed by atoms with Crippen molar-refractivity contribution in [3.8, 4) is 0 Å². The quantitative estimate of drug-likeness (QED) is 0.797. The molecule has 1 aliphatic carbocycles. The molecule has 2 heterocycles. The molecular formula is C20H22BN3O2S. The number of rotatable bonds is 3. The summed E-state index contributed by atoms with van der Waals surface area (Å²) in [5.41, 5.74) is 6.88. The first-order valence-corrected chi connectivity index (χ1v) is 9.93. The van der Waals surface area contributed by atoms with Crippen LogP contribution in [0.25, 0.3) is 0 Å². The molecule has 1 amide bonds. The molecule has 27 heavy (non-hydrogen) atoms. The Hall–Kier alpha value is -2.12. The van der Waals surface area contributed by atoms with Crippen LogP contribution in [-0.2, 0) is 15.9 Å². The molecule has 5 nitrogen and oxygen atoms in total. The highest BCUT2D eigenvalue weighted by molar-refractivity contribution is 7.11. The third-order valence-corrected chi connectivity index (χ3v) is 7.09. The number of thiophene rings is 1. The highest BCUT2D eigenvalue weighted by Crippen LogP contribution is 2.46. The summed E-state index contributed by atoms with van der Waals surface area (Å²) < 4.78 is 0. The molecule has 4 rings (SSSR count). The maximum atomic E-state index is 13.2. The largest absolute Gasteiger partial charge is 0.385 e. The van der Waals surface area contributed by atoms with Gasteiger partial charge >= 0.3 is 0 Å². The van der Waals surface area contributed by atoms with Gasteiger partial charge in [0.25, 0.3) is 0 Å². The van der Waals surface area contributed by atoms with E-state index in [4.69, 9.17) is 18.6 Å². The summed E-state index contributed by atoms with van der Waals surface area (Å²) in [4.78, 5) is 20.2. The van der Waals surface area contributed by atoms with Crippen molar-refractivity contribution < 1.29 is 9.90 Å². The van der Waals surface area contributed by atoms with Crippen molar-refractivity contribution in [2.75, 3.05) is 7.05 Å². The fourth-order valence-electron chi connectivity index (χ4n) is 3.99. The molecule has 0 bridgehead atoms. The lowest BCUT2D eigenvalue weighted by atomic mass is 9.73. The number of nitrogens with two attached hydrogens (primary N) is 1. The number of benzene rings is 1. The number of carbonyl (C=O) groups excluding carboxylic acids is 1. The van der Waals surface area contributed by atoms with Crippen molar-refractivity contribution in [2.45, 2.75) is 43.2 Å². The smallest absolute Gasteiger partial charge is 0.239 e. The maximum absolute atomic E-state index is 13.2. The van der Waals surface area contributed by atoms with Crippen LogP contribution in [-0.4, -0.2) is 36.8 Å². The first-order chi connectivity index (χ1) is 12.7. The van der Waals surface area contributed by atoms with Crippen LogP contribution >= 0.6 is 11.3 Å². The van der Waals surface area contributed by atoms with Gasteiger partial charge in [0.05, 0.1) is 11.5 Å². The second-order valence-electron chi connectivity index (χ2n) is 7.70. The van der Waals surface area contributed by atoms with Gasteiger partial charge in [-0.3, -0.25) is 9.69 Å². The average Bonchev–Trinajstić information content (AvgIpc) is 3.06. The van der Waals surface area contributed by atoms with E-state index in [-0.39, 0.29) is 11.9 Å². The average molecular weight is 379 g/mol. The molecule has 7 heteroatoms. The summed E-state index contributed by atoms with van der Waals surface area (Å²) in [7, 11) is 7.56. The van der Waals surface area contributed by atoms with E-state index in [0.717, 1.165) is 35.3 Å². The van der Waals surface area contributed by atoms with E-state index in [0.29, 0.717) is 5.46 Å². The number of guanidine groups is 1. The molecule has 2 aromatic rings. The molecule has 1 fully saturated rings. The van der Waals surface area contributed by atoms with E-state index in [1.807, 2.05) is 42.6 Å². The van der Waals surface area contributed by atoms with Gasteiger partial charge in [0, 0.05) is 11.9 Å². The van der Waals surface area contributed by atoms with E-state index in [1.54, 1.807) is 7.05 Å². The predicted octanol–water partition coefficient (Wildman–Crippen LogP) is 1.70. The van der Waals surface area contributed by atoms with Crippen molar-refractivity contribution in [1.82, 2.24) is 4.90 Å². The minimum Gasteiger partial charge on any atom is -0.385 e. The minimum absolute atomic E-state index is 0.105. The molecule has 0 spiro atoms. The summed E-state index contributed by atoms with van der Waals surface area (Å²) in [6.45, 7) is 1.92. The van der Waals surface area contributed by atoms with Crippen LogP contribution in [0.3, 0.4) is 0 Å². The molecule has 0 saturated heterocycles. The maximum Gasteiger partial charge on any atom is 0.239 e. The van der Waals surface area contributed by atoms with Crippen molar-refractivity contribution in [3.05, 3.63) is 51.7 Å². The standard InChI is InChI=1S/C20H22BN3O2S/c1-19(15-10-14(21)11-27-15)16(17(25)24(2)18(22)23-19)12-4-6-13(7-5-12)20(26)8-3-9-20/h4-7,10-11,16,26H,3,8-9H2,1-2H3,(H2,22,23)/t16?,19-/m1/s1. The Morgan fingerprint density at radius 1 is 1.33 bits per heavy atom. The van der Waals surface area contributed by atoms with E-state index in [1.165, 1.54) is 16.2 Å². The topological polar surface area (TPSA) is 78.9 Å². The number of carbonyl (C=O) groups is 1. The second-order valence-corrected chi connectivity index (χ2v) is 8.61. The zero-order chi connectivity index (χ0) is 19.4. The van der Waals surface area contributed by atoms with Crippen LogP contribution in [0.1, 0.15) is 48.1 Å². The minimum atomic E-state index is -0.829. The molecule has 1 aliphatic heterocycles. The van der Waals surface area contributed by atoms with Gasteiger partial charge in [-0.2, -0.15) is 0 Å². The Balaban J connectivity index is 1.79. The Kier molecular flexibility index (Phi) is 4.20. The monoisotopic (exact) mass is 379 g/mol. The van der Waals surface area contributed by atoms with E-state index in [2.05, 4.69) is 0 Å². The lowest BCUT2D eigenvalue weighted by molar-refractivity contribution is -0.130. The predicted molar refractivity (Wildman–Crippen MR) is 108 cm³/mol. The van der Waals surface area contributed by atoms with Crippen molar-refractivity contribution in [3.63, 3.8) is 0 Å². The van der Waals surface area contributed by atoms with Crippen molar-refractivity contribution in [2.24, 2.45) is 10.7 Å². The van der Waals surface area contributed by atoms with Gasteiger partial charge in [0.1, 0.15) is 13.4 Å². The third-order valence-electron chi connectivity index (χ3n) is 5.91. The molecule has 2 atom stereocenters. The van der Waals surface area contributed by atoms with Gasteiger partial charge in [-0.1, -0.05) is 35.8 Å². The van der Waals surface area contributed by atoms with Crippen molar-refractivity contribution >= 4 is 36.5 Å². The molecule has 3 N–H and O–H groups in total. The molecule has 1 aromatic carbocycles. The molecular weight excluding hydrogens is 357 g/mol. The lowest BCUT2D eigenvalue weighted by Gasteiger charge is -2.40. The van der Waals surface area contributed by atoms with E-state index >= 15 is 0 Å². The number of aliphatic hydroxyl groups is 1. The Morgan fingerprint density at radius 2 is 2.00 bits per heavy atom. The molecule has 138 valence electrons. The highest BCUT2D eigenvalue weighted by atomic mass is 32.1. The number of hydrogen-bond acceptors (Lipinski definition) is 5. The summed E-state index contributed by atoms with van der Waals surface area (Å²) in [6, 6.07) is 9.56. The fourth-order valence-corrected chi connectivity index (χ4v) is 4.93. The van der Waals surface area contributed by atoms with Crippen LogP contribution in [0.15, 0.2) is 40.7 Å². The molecule has 2 radical (unpaired) electrons. The Morgan fingerprint density at radius 3 is 2.52 bits per heavy atom. The van der Waals surface area contributed by atoms with Gasteiger partial charge < -0.3 is 10.8 Å². The highest BCUT2D eigenvalue weighted by Gasteiger charge is 2.48. The normalized spacial score (nSPS) is 27.2. The second kappa shape index (κ2) is 6.21. The summed E-state index contributed by atoms with van der Waals surface area (Å²) in [5, 5.41) is 12.4. The van der Waals surface area contributed by atoms with Gasteiger partial charge in [-0.05, 0) is 42.7 Å². The number of aliphatic imine (C=N–C) groups is 1. The number of likely N-dealkylation sites (N-methyl/N-ethyl adjacent to an activating group) is 1. The summed E-state index contributed by atoms with van der Waals surface area (Å²) in [5.74, 6) is -0.420. The van der Waals surface area contributed by atoms with Gasteiger partial charge in [0.15, 0.2) is 5.96 Å². The zero-order valence-electron chi connectivity index (χ0n) is 15.5. The van der Waals surface area contributed by atoms with Crippen LogP contribution in [0.2, 0.25) is 0 Å². The van der Waals surface area contributed by atoms with Crippen LogP contribution in [0.5, 0.6) is 0 Å². The molecule has 1 aromatic heterocycles.